The summed E-state index contributed by atoms with van der Waals surface area (Å²) < 4.78 is 1.72. The van der Waals surface area contributed by atoms with E-state index in [4.69, 9.17) is 11.8 Å². The normalized spacial score (nSPS) is 10.8. The van der Waals surface area contributed by atoms with E-state index in [2.05, 4.69) is 30.3 Å². The molecule has 0 radical (unpaired) electrons. The Balaban J connectivity index is 2.05. The molecule has 1 aromatic carbocycles. The molecule has 14 heavy (non-hydrogen) atoms. The Kier molecular flexibility index (Phi) is 5.65. The fourth-order valence-corrected chi connectivity index (χ4v) is 1.60. The van der Waals surface area contributed by atoms with Crippen molar-refractivity contribution in [1.29, 1.82) is 0 Å². The summed E-state index contributed by atoms with van der Waals surface area (Å²) in [4.78, 5) is 0. The van der Waals surface area contributed by atoms with Gasteiger partial charge in [-0.1, -0.05) is 36.8 Å². The van der Waals surface area contributed by atoms with Gasteiger partial charge in [0.2, 0.25) is 0 Å². The molecule has 0 aliphatic carbocycles. The summed E-state index contributed by atoms with van der Waals surface area (Å²) in [6.45, 7) is 0.982. The first kappa shape index (κ1) is 11.5. The summed E-state index contributed by atoms with van der Waals surface area (Å²) >= 11 is 5.71. The third kappa shape index (κ3) is 5.25. The van der Waals surface area contributed by atoms with E-state index < -0.39 is 0 Å². The Morgan fingerprint density at radius 2 is 1.79 bits per heavy atom. The molecule has 1 rings (SSSR count). The number of nitrogens with zero attached hydrogens (tertiary/aromatic N) is 1. The number of rotatable bonds is 6. The molecule has 0 amide bonds. The second kappa shape index (κ2) is 6.86. The van der Waals surface area contributed by atoms with Gasteiger partial charge in [-0.25, -0.2) is 4.42 Å². The molecule has 0 unspecified atom stereocenters. The first-order valence-corrected chi connectivity index (χ1v) is 5.53. The van der Waals surface area contributed by atoms with Crippen molar-refractivity contribution in [3.8, 4) is 0 Å². The van der Waals surface area contributed by atoms with Crippen LogP contribution in [-0.4, -0.2) is 18.0 Å². The third-order valence-corrected chi connectivity index (χ3v) is 2.44. The number of unbranched alkanes of at least 4 members (excludes halogenated alkanes) is 2. The van der Waals surface area contributed by atoms with Gasteiger partial charge in [0.25, 0.3) is 0 Å². The van der Waals surface area contributed by atoms with Crippen molar-refractivity contribution >= 4 is 11.8 Å². The fraction of sp³-hybridized carbons (Fsp3) is 0.500. The van der Waals surface area contributed by atoms with Crippen LogP contribution in [-0.2, 0) is 6.42 Å². The van der Waals surface area contributed by atoms with Crippen LogP contribution in [0.1, 0.15) is 24.8 Å². The van der Waals surface area contributed by atoms with Crippen LogP contribution in [0.3, 0.4) is 0 Å². The number of aryl methyl sites for hydroxylation is 1. The Labute approximate surface area is 91.8 Å². The number of hydrogen-bond donors (Lipinski definition) is 0. The topological polar surface area (TPSA) is 3.24 Å². The van der Waals surface area contributed by atoms with Gasteiger partial charge in [-0.3, -0.25) is 0 Å². The largest absolute Gasteiger partial charge is 0.223 e. The van der Waals surface area contributed by atoms with Crippen molar-refractivity contribution in [3.63, 3.8) is 0 Å². The minimum Gasteiger partial charge on any atom is -0.223 e. The zero-order valence-electron chi connectivity index (χ0n) is 8.75. The molecule has 0 atom stereocenters. The summed E-state index contributed by atoms with van der Waals surface area (Å²) in [5, 5.41) is 0. The molecule has 0 aliphatic heterocycles. The molecule has 2 heteroatoms. The smallest absolute Gasteiger partial charge is 0.0135 e. The van der Waals surface area contributed by atoms with Crippen LogP contribution in [0.4, 0.5) is 0 Å². The summed E-state index contributed by atoms with van der Waals surface area (Å²) in [5.41, 5.74) is 1.44. The van der Waals surface area contributed by atoms with Crippen LogP contribution < -0.4 is 0 Å². The van der Waals surface area contributed by atoms with E-state index in [-0.39, 0.29) is 0 Å². The number of halogens is 1. The average Bonchev–Trinajstić information content (AvgIpc) is 2.18. The molecule has 0 heterocycles. The van der Waals surface area contributed by atoms with E-state index in [1.165, 1.54) is 31.2 Å². The molecular weight excluding hydrogens is 194 g/mol. The van der Waals surface area contributed by atoms with E-state index in [9.17, 15) is 0 Å². The standard InChI is InChI=1S/C12H18ClN/c1-14(13)11-7-3-6-10-12-8-4-2-5-9-12/h2,4-5,8-9H,3,6-7,10-11H2,1H3. The van der Waals surface area contributed by atoms with Gasteiger partial charge in [-0.05, 0) is 36.6 Å². The maximum Gasteiger partial charge on any atom is 0.0135 e. The summed E-state index contributed by atoms with van der Waals surface area (Å²) in [5.74, 6) is 0. The summed E-state index contributed by atoms with van der Waals surface area (Å²) in [6.07, 6.45) is 4.89. The lowest BCUT2D eigenvalue weighted by atomic mass is 10.1. The highest BCUT2D eigenvalue weighted by molar-refractivity contribution is 6.13. The van der Waals surface area contributed by atoms with Crippen molar-refractivity contribution in [2.24, 2.45) is 0 Å². The van der Waals surface area contributed by atoms with E-state index in [0.29, 0.717) is 0 Å². The molecule has 0 bridgehead atoms. The molecular formula is C12H18ClN. The Hall–Kier alpha value is -0.530. The Bertz CT molecular complexity index is 233. The first-order valence-electron chi connectivity index (χ1n) is 5.20. The first-order chi connectivity index (χ1) is 6.79. The van der Waals surface area contributed by atoms with Crippen molar-refractivity contribution in [3.05, 3.63) is 35.9 Å². The third-order valence-electron chi connectivity index (χ3n) is 2.27. The second-order valence-electron chi connectivity index (χ2n) is 3.62. The minimum atomic E-state index is 0.982. The van der Waals surface area contributed by atoms with Crippen molar-refractivity contribution in [2.45, 2.75) is 25.7 Å². The van der Waals surface area contributed by atoms with E-state index >= 15 is 0 Å². The molecule has 1 aromatic rings. The molecule has 0 saturated carbocycles. The van der Waals surface area contributed by atoms with Crippen molar-refractivity contribution in [1.82, 2.24) is 4.42 Å². The molecule has 78 valence electrons. The maximum atomic E-state index is 5.71. The van der Waals surface area contributed by atoms with E-state index in [1.54, 1.807) is 4.42 Å². The summed E-state index contributed by atoms with van der Waals surface area (Å²) in [7, 11) is 1.90. The number of benzene rings is 1. The maximum absolute atomic E-state index is 5.71. The molecule has 0 saturated heterocycles. The Morgan fingerprint density at radius 1 is 1.07 bits per heavy atom. The minimum absolute atomic E-state index is 0.982. The van der Waals surface area contributed by atoms with E-state index in [0.717, 1.165) is 6.54 Å². The molecule has 1 nitrogen and oxygen atoms in total. The lowest BCUT2D eigenvalue weighted by molar-refractivity contribution is 0.505. The fourth-order valence-electron chi connectivity index (χ4n) is 1.48. The highest BCUT2D eigenvalue weighted by Gasteiger charge is 1.94. The predicted octanol–water partition coefficient (Wildman–Crippen LogP) is 3.49. The zero-order chi connectivity index (χ0) is 10.2. The molecule has 0 spiro atoms. The van der Waals surface area contributed by atoms with Crippen LogP contribution in [0.25, 0.3) is 0 Å². The van der Waals surface area contributed by atoms with Crippen LogP contribution in [0.5, 0.6) is 0 Å². The van der Waals surface area contributed by atoms with Gasteiger partial charge in [0.05, 0.1) is 0 Å². The van der Waals surface area contributed by atoms with Crippen LogP contribution in [0.2, 0.25) is 0 Å². The van der Waals surface area contributed by atoms with Crippen LogP contribution in [0.15, 0.2) is 30.3 Å². The van der Waals surface area contributed by atoms with Gasteiger partial charge in [0.15, 0.2) is 0 Å². The predicted molar refractivity (Wildman–Crippen MR) is 62.5 cm³/mol. The van der Waals surface area contributed by atoms with Gasteiger partial charge in [0, 0.05) is 13.6 Å². The van der Waals surface area contributed by atoms with Crippen LogP contribution >= 0.6 is 11.8 Å². The van der Waals surface area contributed by atoms with Crippen molar-refractivity contribution in [2.75, 3.05) is 13.6 Å². The lowest BCUT2D eigenvalue weighted by Crippen LogP contribution is -2.05. The summed E-state index contributed by atoms with van der Waals surface area (Å²) in [6, 6.07) is 10.6. The molecule has 0 aliphatic rings. The number of hydrogen-bond acceptors (Lipinski definition) is 1. The highest BCUT2D eigenvalue weighted by Crippen LogP contribution is 2.06. The highest BCUT2D eigenvalue weighted by atomic mass is 35.5. The van der Waals surface area contributed by atoms with Gasteiger partial charge < -0.3 is 0 Å². The lowest BCUT2D eigenvalue weighted by Gasteiger charge is -2.05. The monoisotopic (exact) mass is 211 g/mol. The molecule has 0 aromatic heterocycles. The molecule has 0 fully saturated rings. The van der Waals surface area contributed by atoms with Crippen LogP contribution in [0, 0.1) is 0 Å². The van der Waals surface area contributed by atoms with Gasteiger partial charge in [0.1, 0.15) is 0 Å². The Morgan fingerprint density at radius 3 is 2.43 bits per heavy atom. The van der Waals surface area contributed by atoms with Gasteiger partial charge in [-0.15, -0.1) is 0 Å². The van der Waals surface area contributed by atoms with Crippen molar-refractivity contribution < 1.29 is 0 Å². The quantitative estimate of drug-likeness (QED) is 0.515. The average molecular weight is 212 g/mol. The zero-order valence-corrected chi connectivity index (χ0v) is 9.50. The van der Waals surface area contributed by atoms with Gasteiger partial charge >= 0.3 is 0 Å². The second-order valence-corrected chi connectivity index (χ2v) is 4.20. The van der Waals surface area contributed by atoms with Gasteiger partial charge in [-0.2, -0.15) is 0 Å². The molecule has 0 N–H and O–H groups in total. The SMILES string of the molecule is CN(Cl)CCCCCc1ccccc1. The van der Waals surface area contributed by atoms with E-state index in [1.807, 2.05) is 7.05 Å².